The first-order valence-corrected chi connectivity index (χ1v) is 8.59. The van der Waals surface area contributed by atoms with Gasteiger partial charge in [-0.1, -0.05) is 39.0 Å². The van der Waals surface area contributed by atoms with Crippen molar-refractivity contribution in [1.82, 2.24) is 4.90 Å². The first kappa shape index (κ1) is 20.8. The van der Waals surface area contributed by atoms with Crippen molar-refractivity contribution >= 4 is 0 Å². The van der Waals surface area contributed by atoms with E-state index in [1.165, 1.54) is 32.1 Å². The Balaban J connectivity index is 4.28. The summed E-state index contributed by atoms with van der Waals surface area (Å²) in [7, 11) is 0. The summed E-state index contributed by atoms with van der Waals surface area (Å²) >= 11 is 0. The zero-order valence-electron chi connectivity index (χ0n) is 14.3. The lowest BCUT2D eigenvalue weighted by Crippen LogP contribution is -2.47. The molecule has 0 spiro atoms. The highest BCUT2D eigenvalue weighted by molar-refractivity contribution is 4.83. The molecule has 0 aromatic heterocycles. The molecule has 0 saturated carbocycles. The Bertz CT molecular complexity index is 237. The molecular weight excluding hydrogens is 264 g/mol. The molecule has 0 saturated heterocycles. The van der Waals surface area contributed by atoms with Crippen LogP contribution in [-0.2, 0) is 0 Å². The second-order valence-electron chi connectivity index (χ2n) is 6.28. The topological polar surface area (TPSA) is 69.7 Å². The Kier molecular flexibility index (Phi) is 12.3. The van der Waals surface area contributed by atoms with Crippen molar-refractivity contribution in [1.29, 1.82) is 0 Å². The van der Waals surface area contributed by atoms with Crippen molar-refractivity contribution in [2.45, 2.75) is 90.0 Å². The van der Waals surface area contributed by atoms with E-state index < -0.39 is 12.2 Å². The lowest BCUT2D eigenvalue weighted by molar-refractivity contribution is 0.0453. The average molecular weight is 301 g/mol. The molecule has 4 heteroatoms. The van der Waals surface area contributed by atoms with E-state index in [1.807, 2.05) is 0 Å². The highest BCUT2D eigenvalue weighted by Gasteiger charge is 2.23. The summed E-state index contributed by atoms with van der Waals surface area (Å²) in [6.45, 7) is 11.3. The maximum absolute atomic E-state index is 9.81. The van der Waals surface area contributed by atoms with Gasteiger partial charge < -0.3 is 15.9 Å². The van der Waals surface area contributed by atoms with Crippen LogP contribution in [0.4, 0.5) is 0 Å². The van der Waals surface area contributed by atoms with Crippen LogP contribution in [0, 0.1) is 6.92 Å². The second kappa shape index (κ2) is 12.4. The molecule has 0 amide bonds. The van der Waals surface area contributed by atoms with E-state index in [9.17, 15) is 10.2 Å². The normalized spacial score (nSPS) is 17.7. The fraction of sp³-hybridized carbons (Fsp3) is 0.941. The standard InChI is InChI=1S/C17H37N2O2/c1-5-6-7-8-9-10-14(2)19(15(3)16(4)20)12-11-17(21)13-18/h14-17,20-21H,3,5-13,18H2,1-2,4H3. The smallest absolute Gasteiger partial charge is 0.0674 e. The van der Waals surface area contributed by atoms with Crippen LogP contribution >= 0.6 is 0 Å². The Morgan fingerprint density at radius 1 is 1.05 bits per heavy atom. The van der Waals surface area contributed by atoms with E-state index >= 15 is 0 Å². The van der Waals surface area contributed by atoms with E-state index in [-0.39, 0.29) is 12.6 Å². The fourth-order valence-electron chi connectivity index (χ4n) is 2.62. The van der Waals surface area contributed by atoms with Gasteiger partial charge in [0.25, 0.3) is 0 Å². The monoisotopic (exact) mass is 301 g/mol. The summed E-state index contributed by atoms with van der Waals surface area (Å²) in [4.78, 5) is 2.21. The van der Waals surface area contributed by atoms with Gasteiger partial charge in [0.15, 0.2) is 0 Å². The number of nitrogens with zero attached hydrogens (tertiary/aromatic N) is 1. The van der Waals surface area contributed by atoms with E-state index in [2.05, 4.69) is 25.7 Å². The molecule has 4 nitrogen and oxygen atoms in total. The van der Waals surface area contributed by atoms with Crippen molar-refractivity contribution < 1.29 is 10.2 Å². The molecule has 0 fully saturated rings. The molecule has 21 heavy (non-hydrogen) atoms. The second-order valence-corrected chi connectivity index (χ2v) is 6.28. The highest BCUT2D eigenvalue weighted by atomic mass is 16.3. The first-order valence-electron chi connectivity index (χ1n) is 8.59. The number of rotatable bonds is 13. The maximum atomic E-state index is 9.81. The molecular formula is C17H37N2O2. The summed E-state index contributed by atoms with van der Waals surface area (Å²) < 4.78 is 0. The van der Waals surface area contributed by atoms with Crippen LogP contribution in [0.2, 0.25) is 0 Å². The van der Waals surface area contributed by atoms with Crippen LogP contribution in [-0.4, -0.2) is 52.5 Å². The van der Waals surface area contributed by atoms with Crippen molar-refractivity contribution in [2.75, 3.05) is 13.1 Å². The molecule has 4 unspecified atom stereocenters. The quantitative estimate of drug-likeness (QED) is 0.457. The van der Waals surface area contributed by atoms with Crippen molar-refractivity contribution in [3.8, 4) is 0 Å². The van der Waals surface area contributed by atoms with Gasteiger partial charge in [0.1, 0.15) is 0 Å². The fourth-order valence-corrected chi connectivity index (χ4v) is 2.62. The van der Waals surface area contributed by atoms with Gasteiger partial charge in [-0.15, -0.1) is 0 Å². The predicted molar refractivity (Wildman–Crippen MR) is 90.0 cm³/mol. The van der Waals surface area contributed by atoms with Gasteiger partial charge in [0, 0.05) is 25.2 Å². The SMILES string of the molecule is [CH2]C(C(C)O)N(CCC(O)CN)C(C)CCCCCCC. The van der Waals surface area contributed by atoms with E-state index in [4.69, 9.17) is 5.73 Å². The van der Waals surface area contributed by atoms with Gasteiger partial charge in [-0.3, -0.25) is 4.90 Å². The zero-order chi connectivity index (χ0) is 16.3. The van der Waals surface area contributed by atoms with Gasteiger partial charge in [0.05, 0.1) is 12.2 Å². The van der Waals surface area contributed by atoms with Crippen LogP contribution in [0.5, 0.6) is 0 Å². The minimum Gasteiger partial charge on any atom is -0.392 e. The van der Waals surface area contributed by atoms with Gasteiger partial charge in [-0.05, 0) is 33.6 Å². The lowest BCUT2D eigenvalue weighted by Gasteiger charge is -2.36. The number of hydrogen-bond donors (Lipinski definition) is 3. The third-order valence-electron chi connectivity index (χ3n) is 4.27. The Labute approximate surface area is 131 Å². The van der Waals surface area contributed by atoms with Crippen LogP contribution < -0.4 is 5.73 Å². The molecule has 0 rings (SSSR count). The summed E-state index contributed by atoms with van der Waals surface area (Å²) in [6.07, 6.45) is 7.18. The van der Waals surface area contributed by atoms with Crippen LogP contribution in [0.3, 0.4) is 0 Å². The summed E-state index contributed by atoms with van der Waals surface area (Å²) in [6, 6.07) is 0.231. The minimum atomic E-state index is -0.470. The summed E-state index contributed by atoms with van der Waals surface area (Å²) in [5.41, 5.74) is 5.46. The largest absolute Gasteiger partial charge is 0.392 e. The maximum Gasteiger partial charge on any atom is 0.0674 e. The van der Waals surface area contributed by atoms with Crippen LogP contribution in [0.1, 0.15) is 65.7 Å². The zero-order valence-corrected chi connectivity index (χ0v) is 14.3. The van der Waals surface area contributed by atoms with E-state index in [0.29, 0.717) is 12.5 Å². The first-order chi connectivity index (χ1) is 9.93. The molecule has 4 atom stereocenters. The van der Waals surface area contributed by atoms with Crippen LogP contribution in [0.25, 0.3) is 0 Å². The Morgan fingerprint density at radius 2 is 1.67 bits per heavy atom. The van der Waals surface area contributed by atoms with Crippen LogP contribution in [0.15, 0.2) is 0 Å². The van der Waals surface area contributed by atoms with Gasteiger partial charge in [-0.2, -0.15) is 0 Å². The molecule has 4 N–H and O–H groups in total. The molecule has 127 valence electrons. The molecule has 0 aromatic rings. The van der Waals surface area contributed by atoms with Gasteiger partial charge in [0.2, 0.25) is 0 Å². The van der Waals surface area contributed by atoms with E-state index in [1.54, 1.807) is 6.92 Å². The summed E-state index contributed by atoms with van der Waals surface area (Å²) in [5.74, 6) is 0. The number of aliphatic hydroxyl groups is 2. The number of nitrogens with two attached hydrogens (primary N) is 1. The highest BCUT2D eigenvalue weighted by Crippen LogP contribution is 2.16. The molecule has 0 aromatic carbocycles. The summed E-state index contributed by atoms with van der Waals surface area (Å²) in [5, 5.41) is 19.5. The van der Waals surface area contributed by atoms with Gasteiger partial charge >= 0.3 is 0 Å². The van der Waals surface area contributed by atoms with Crippen molar-refractivity contribution in [3.05, 3.63) is 6.92 Å². The number of aliphatic hydroxyl groups excluding tert-OH is 2. The molecule has 0 heterocycles. The Morgan fingerprint density at radius 3 is 2.19 bits per heavy atom. The molecule has 1 radical (unpaired) electrons. The van der Waals surface area contributed by atoms with Crippen molar-refractivity contribution in [2.24, 2.45) is 5.73 Å². The van der Waals surface area contributed by atoms with Gasteiger partial charge in [-0.25, -0.2) is 0 Å². The number of hydrogen-bond acceptors (Lipinski definition) is 4. The number of unbranched alkanes of at least 4 members (excludes halogenated alkanes) is 4. The van der Waals surface area contributed by atoms with E-state index in [0.717, 1.165) is 13.0 Å². The average Bonchev–Trinajstić information content (AvgIpc) is 2.46. The lowest BCUT2D eigenvalue weighted by atomic mass is 10.0. The molecule has 0 aliphatic carbocycles. The van der Waals surface area contributed by atoms with Crippen molar-refractivity contribution in [3.63, 3.8) is 0 Å². The predicted octanol–water partition coefficient (Wildman–Crippen LogP) is 2.33. The molecule has 0 bridgehead atoms. The molecule has 0 aliphatic heterocycles. The third-order valence-corrected chi connectivity index (χ3v) is 4.27. The molecule has 0 aliphatic rings. The minimum absolute atomic E-state index is 0.138. The Hall–Kier alpha value is -0.160. The third kappa shape index (κ3) is 9.46.